The van der Waals surface area contributed by atoms with E-state index in [1.165, 1.54) is 29.9 Å². The van der Waals surface area contributed by atoms with Crippen molar-refractivity contribution in [2.24, 2.45) is 5.92 Å². The lowest BCUT2D eigenvalue weighted by Crippen LogP contribution is -2.38. The zero-order chi connectivity index (χ0) is 19.7. The SMILES string of the molecule is COC(=O)C1CCN(C2CCc3cc(C(C)c4cccc(F)c4)ccc32)CC1. The molecule has 2 atom stereocenters. The summed E-state index contributed by atoms with van der Waals surface area (Å²) in [6.45, 7) is 4.04. The highest BCUT2D eigenvalue weighted by atomic mass is 19.1. The molecule has 0 amide bonds. The standard InChI is InChI=1S/C24H28FNO2/c1-16(18-4-3-5-21(25)15-18)19-6-8-22-20(14-19)7-9-23(22)26-12-10-17(11-13-26)24(27)28-2/h3-6,8,14-17,23H,7,9-13H2,1-2H3. The second kappa shape index (κ2) is 8.04. The third-order valence-electron chi connectivity index (χ3n) is 6.57. The van der Waals surface area contributed by atoms with E-state index >= 15 is 0 Å². The van der Waals surface area contributed by atoms with E-state index in [1.54, 1.807) is 12.1 Å². The molecule has 2 aromatic rings. The van der Waals surface area contributed by atoms with Crippen LogP contribution in [0.2, 0.25) is 0 Å². The summed E-state index contributed by atoms with van der Waals surface area (Å²) in [5.74, 6) is -0.0177. The maximum Gasteiger partial charge on any atom is 0.308 e. The summed E-state index contributed by atoms with van der Waals surface area (Å²) < 4.78 is 18.5. The van der Waals surface area contributed by atoms with Gasteiger partial charge in [-0.05, 0) is 73.2 Å². The molecule has 0 spiro atoms. The Bertz CT molecular complexity index is 857. The van der Waals surface area contributed by atoms with E-state index in [0.717, 1.165) is 44.3 Å². The van der Waals surface area contributed by atoms with E-state index < -0.39 is 0 Å². The summed E-state index contributed by atoms with van der Waals surface area (Å²) in [5, 5.41) is 0. The van der Waals surface area contributed by atoms with Crippen molar-refractivity contribution in [3.8, 4) is 0 Å². The first-order chi connectivity index (χ1) is 13.6. The molecule has 0 aromatic heterocycles. The third-order valence-corrected chi connectivity index (χ3v) is 6.57. The Morgan fingerprint density at radius 2 is 1.86 bits per heavy atom. The molecule has 0 saturated carbocycles. The van der Waals surface area contributed by atoms with Crippen molar-refractivity contribution in [2.45, 2.75) is 44.6 Å². The van der Waals surface area contributed by atoms with Gasteiger partial charge in [-0.3, -0.25) is 9.69 Å². The number of benzene rings is 2. The molecule has 28 heavy (non-hydrogen) atoms. The van der Waals surface area contributed by atoms with Gasteiger partial charge in [-0.25, -0.2) is 4.39 Å². The van der Waals surface area contributed by atoms with Crippen LogP contribution in [-0.2, 0) is 16.0 Å². The Balaban J connectivity index is 1.47. The topological polar surface area (TPSA) is 29.5 Å². The van der Waals surface area contributed by atoms with Crippen molar-refractivity contribution >= 4 is 5.97 Å². The molecule has 0 bridgehead atoms. The number of carbonyl (C=O) groups is 1. The van der Waals surface area contributed by atoms with Crippen molar-refractivity contribution in [2.75, 3.05) is 20.2 Å². The Kier molecular flexibility index (Phi) is 5.49. The van der Waals surface area contributed by atoms with E-state index in [0.29, 0.717) is 6.04 Å². The first kappa shape index (κ1) is 19.1. The van der Waals surface area contributed by atoms with Gasteiger partial charge in [0.2, 0.25) is 0 Å². The maximum absolute atomic E-state index is 13.6. The Labute approximate surface area is 166 Å². The first-order valence-corrected chi connectivity index (χ1v) is 10.3. The summed E-state index contributed by atoms with van der Waals surface area (Å²) in [6.07, 6.45) is 3.98. The van der Waals surface area contributed by atoms with Crippen LogP contribution < -0.4 is 0 Å². The molecule has 1 saturated heterocycles. The van der Waals surface area contributed by atoms with Crippen molar-refractivity contribution in [3.05, 3.63) is 70.5 Å². The number of nitrogens with zero attached hydrogens (tertiary/aromatic N) is 1. The number of hydrogen-bond donors (Lipinski definition) is 0. The first-order valence-electron chi connectivity index (χ1n) is 10.3. The van der Waals surface area contributed by atoms with Crippen LogP contribution in [0.1, 0.15) is 60.4 Å². The van der Waals surface area contributed by atoms with E-state index in [4.69, 9.17) is 4.74 Å². The molecule has 0 N–H and O–H groups in total. The fourth-order valence-corrected chi connectivity index (χ4v) is 4.85. The molecule has 3 nitrogen and oxygen atoms in total. The molecule has 2 unspecified atom stereocenters. The minimum atomic E-state index is -0.180. The van der Waals surface area contributed by atoms with Crippen molar-refractivity contribution in [1.82, 2.24) is 4.90 Å². The number of halogens is 1. The zero-order valence-electron chi connectivity index (χ0n) is 16.7. The zero-order valence-corrected chi connectivity index (χ0v) is 16.7. The number of aryl methyl sites for hydroxylation is 1. The largest absolute Gasteiger partial charge is 0.469 e. The predicted octanol–water partition coefficient (Wildman–Crippen LogP) is 4.85. The number of esters is 1. The van der Waals surface area contributed by atoms with Crippen LogP contribution >= 0.6 is 0 Å². The second-order valence-corrected chi connectivity index (χ2v) is 8.12. The molecule has 2 aromatic carbocycles. The number of fused-ring (bicyclic) bond motifs is 1. The molecular formula is C24H28FNO2. The monoisotopic (exact) mass is 381 g/mol. The normalized spacial score (nSPS) is 21.3. The molecule has 1 heterocycles. The number of rotatable bonds is 4. The third kappa shape index (κ3) is 3.70. The quantitative estimate of drug-likeness (QED) is 0.709. The van der Waals surface area contributed by atoms with Crippen molar-refractivity contribution in [3.63, 3.8) is 0 Å². The van der Waals surface area contributed by atoms with Crippen molar-refractivity contribution < 1.29 is 13.9 Å². The molecule has 1 aliphatic carbocycles. The minimum absolute atomic E-state index is 0.0524. The van der Waals surface area contributed by atoms with E-state index in [-0.39, 0.29) is 23.6 Å². The van der Waals surface area contributed by atoms with E-state index in [2.05, 4.69) is 30.0 Å². The maximum atomic E-state index is 13.6. The molecule has 4 rings (SSSR count). The van der Waals surface area contributed by atoms with Crippen molar-refractivity contribution in [1.29, 1.82) is 0 Å². The number of methoxy groups -OCH3 is 1. The highest BCUT2D eigenvalue weighted by Crippen LogP contribution is 2.39. The highest BCUT2D eigenvalue weighted by molar-refractivity contribution is 5.72. The lowest BCUT2D eigenvalue weighted by atomic mass is 9.90. The molecule has 1 aliphatic heterocycles. The van der Waals surface area contributed by atoms with E-state index in [9.17, 15) is 9.18 Å². The summed E-state index contributed by atoms with van der Waals surface area (Å²) in [4.78, 5) is 14.3. The highest BCUT2D eigenvalue weighted by Gasteiger charge is 2.33. The predicted molar refractivity (Wildman–Crippen MR) is 108 cm³/mol. The average molecular weight is 381 g/mol. The Morgan fingerprint density at radius 3 is 2.57 bits per heavy atom. The minimum Gasteiger partial charge on any atom is -0.469 e. The summed E-state index contributed by atoms with van der Waals surface area (Å²) in [7, 11) is 1.48. The molecule has 1 fully saturated rings. The lowest BCUT2D eigenvalue weighted by molar-refractivity contribution is -0.147. The van der Waals surface area contributed by atoms with Gasteiger partial charge in [-0.15, -0.1) is 0 Å². The second-order valence-electron chi connectivity index (χ2n) is 8.12. The van der Waals surface area contributed by atoms with Gasteiger partial charge in [0.15, 0.2) is 0 Å². The van der Waals surface area contributed by atoms with Crippen LogP contribution in [0.25, 0.3) is 0 Å². The van der Waals surface area contributed by atoms with Crippen LogP contribution in [-0.4, -0.2) is 31.1 Å². The fraction of sp³-hybridized carbons (Fsp3) is 0.458. The number of piperidine rings is 1. The molecule has 148 valence electrons. The summed E-state index contributed by atoms with van der Waals surface area (Å²) in [5.41, 5.74) is 5.10. The van der Waals surface area contributed by atoms with Gasteiger partial charge in [-0.2, -0.15) is 0 Å². The number of likely N-dealkylation sites (tertiary alicyclic amines) is 1. The van der Waals surface area contributed by atoms with Gasteiger partial charge >= 0.3 is 5.97 Å². The van der Waals surface area contributed by atoms with Gasteiger partial charge in [0.1, 0.15) is 5.82 Å². The van der Waals surface area contributed by atoms with Gasteiger partial charge in [-0.1, -0.05) is 37.3 Å². The summed E-state index contributed by atoms with van der Waals surface area (Å²) in [6, 6.07) is 14.1. The van der Waals surface area contributed by atoms with Crippen LogP contribution in [0.5, 0.6) is 0 Å². The number of ether oxygens (including phenoxy) is 1. The number of carbonyl (C=O) groups excluding carboxylic acids is 1. The van der Waals surface area contributed by atoms with Crippen LogP contribution in [0.3, 0.4) is 0 Å². The smallest absolute Gasteiger partial charge is 0.308 e. The lowest BCUT2D eigenvalue weighted by Gasteiger charge is -2.35. The molecule has 0 radical (unpaired) electrons. The number of hydrogen-bond acceptors (Lipinski definition) is 3. The Hall–Kier alpha value is -2.20. The summed E-state index contributed by atoms with van der Waals surface area (Å²) >= 11 is 0. The van der Waals surface area contributed by atoms with Gasteiger partial charge < -0.3 is 4.74 Å². The average Bonchev–Trinajstić information content (AvgIpc) is 3.16. The van der Waals surface area contributed by atoms with Gasteiger partial charge in [0, 0.05) is 12.0 Å². The van der Waals surface area contributed by atoms with Gasteiger partial charge in [0.05, 0.1) is 13.0 Å². The molecular weight excluding hydrogens is 353 g/mol. The van der Waals surface area contributed by atoms with Crippen LogP contribution in [0.15, 0.2) is 42.5 Å². The molecule has 2 aliphatic rings. The fourth-order valence-electron chi connectivity index (χ4n) is 4.85. The van der Waals surface area contributed by atoms with E-state index in [1.807, 2.05) is 6.07 Å². The molecule has 4 heteroatoms. The van der Waals surface area contributed by atoms with Crippen LogP contribution in [0.4, 0.5) is 4.39 Å². The Morgan fingerprint density at radius 1 is 1.11 bits per heavy atom. The van der Waals surface area contributed by atoms with Gasteiger partial charge in [0.25, 0.3) is 0 Å². The van der Waals surface area contributed by atoms with Crippen LogP contribution in [0, 0.1) is 11.7 Å².